The van der Waals surface area contributed by atoms with Gasteiger partial charge in [-0.15, -0.1) is 0 Å². The molecule has 7 heteroatoms. The lowest BCUT2D eigenvalue weighted by molar-refractivity contribution is -0.174. The predicted octanol–water partition coefficient (Wildman–Crippen LogP) is 9.98. The summed E-state index contributed by atoms with van der Waals surface area (Å²) in [6.45, 7) is 14.6. The number of hydrogen-bond donors (Lipinski definition) is 5. The molecule has 7 nitrogen and oxygen atoms in total. The van der Waals surface area contributed by atoms with Crippen LogP contribution in [0, 0.1) is 92.7 Å². The molecule has 8 fully saturated rings. The molecule has 0 bridgehead atoms. The summed E-state index contributed by atoms with van der Waals surface area (Å²) in [7, 11) is 0. The van der Waals surface area contributed by atoms with Crippen molar-refractivity contribution in [3.05, 3.63) is 0 Å². The zero-order valence-corrected chi connectivity index (χ0v) is 35.6. The van der Waals surface area contributed by atoms with Crippen molar-refractivity contribution in [1.29, 1.82) is 0 Å². The van der Waals surface area contributed by atoms with Crippen LogP contribution in [0.25, 0.3) is 0 Å². The van der Waals surface area contributed by atoms with Gasteiger partial charge in [0.15, 0.2) is 0 Å². The van der Waals surface area contributed by atoms with Gasteiger partial charge in [-0.3, -0.25) is 9.59 Å². The van der Waals surface area contributed by atoms with Gasteiger partial charge in [0.1, 0.15) is 0 Å². The van der Waals surface area contributed by atoms with Crippen molar-refractivity contribution < 1.29 is 35.1 Å². The second kappa shape index (κ2) is 15.8. The lowest BCUT2D eigenvalue weighted by Crippen LogP contribution is -2.58. The maximum Gasteiger partial charge on any atom is 0.303 e. The second-order valence-corrected chi connectivity index (χ2v) is 22.6. The van der Waals surface area contributed by atoms with Crippen molar-refractivity contribution in [3.8, 4) is 0 Å². The number of carboxylic acids is 2. The summed E-state index contributed by atoms with van der Waals surface area (Å²) >= 11 is 0. The molecule has 0 spiro atoms. The van der Waals surface area contributed by atoms with Crippen molar-refractivity contribution >= 4 is 11.9 Å². The van der Waals surface area contributed by atoms with E-state index in [1.807, 2.05) is 0 Å². The van der Waals surface area contributed by atoms with E-state index in [1.165, 1.54) is 70.6 Å². The van der Waals surface area contributed by atoms with E-state index in [0.717, 1.165) is 75.0 Å². The monoisotopic (exact) mass is 769 g/mol. The highest BCUT2D eigenvalue weighted by atomic mass is 16.4. The first kappa shape index (κ1) is 42.0. The fourth-order valence-corrected chi connectivity index (χ4v) is 17.5. The Morgan fingerprint density at radius 3 is 1.53 bits per heavy atom. The standard InChI is InChI=1S/C24H40O4.C24H40O3/c1-14(4-7-21(27)28)17-5-6-18-22-19(9-11-24(17,18)3)23(2)10-8-16(25)12-15(23)13-20(22)26;1-15(4-9-22(26)27)19-7-8-20-18-6-5-16-14-17(25)10-12-23(16,2)21(18)11-13-24(19,20)3/h14-20,22,25-26H,4-13H2,1-3H3,(H,27,28);15-21,25H,4-14H2,1-3H3,(H,26,27)/t14-,15+,16-,17-,18+,19+,20-,22+,23+,24-;15-,16-,17-,18+,19-,20+,21+,23+,24-/m11/s1. The number of carbonyl (C=O) groups is 2. The average molecular weight is 769 g/mol. The van der Waals surface area contributed by atoms with E-state index >= 15 is 0 Å². The Morgan fingerprint density at radius 2 is 0.964 bits per heavy atom. The van der Waals surface area contributed by atoms with Gasteiger partial charge < -0.3 is 25.5 Å². The molecule has 0 amide bonds. The van der Waals surface area contributed by atoms with Crippen LogP contribution >= 0.6 is 0 Å². The van der Waals surface area contributed by atoms with Crippen LogP contribution in [0.1, 0.15) is 176 Å². The Kier molecular flexibility index (Phi) is 12.0. The summed E-state index contributed by atoms with van der Waals surface area (Å²) in [6, 6.07) is 0. The highest BCUT2D eigenvalue weighted by molar-refractivity contribution is 5.66. The Bertz CT molecular complexity index is 1380. The van der Waals surface area contributed by atoms with Crippen LogP contribution in [0.2, 0.25) is 0 Å². The molecule has 0 saturated heterocycles. The topological polar surface area (TPSA) is 135 Å². The second-order valence-electron chi connectivity index (χ2n) is 22.6. The molecule has 19 atom stereocenters. The van der Waals surface area contributed by atoms with Crippen LogP contribution in [-0.4, -0.2) is 55.8 Å². The third-order valence-electron chi connectivity index (χ3n) is 20.4. The molecule has 55 heavy (non-hydrogen) atoms. The van der Waals surface area contributed by atoms with Gasteiger partial charge in [0.25, 0.3) is 0 Å². The molecule has 0 aromatic heterocycles. The van der Waals surface area contributed by atoms with E-state index < -0.39 is 11.9 Å². The molecule has 5 N–H and O–H groups in total. The molecule has 0 aromatic carbocycles. The van der Waals surface area contributed by atoms with E-state index in [1.54, 1.807) is 0 Å². The Balaban J connectivity index is 0.000000169. The van der Waals surface area contributed by atoms with E-state index in [-0.39, 0.29) is 35.6 Å². The molecule has 0 aliphatic heterocycles. The number of aliphatic carboxylic acids is 2. The summed E-state index contributed by atoms with van der Waals surface area (Å²) in [5.41, 5.74) is 1.40. The Labute approximate surface area is 333 Å². The van der Waals surface area contributed by atoms with E-state index in [0.29, 0.717) is 64.6 Å². The van der Waals surface area contributed by atoms with Crippen LogP contribution < -0.4 is 0 Å². The smallest absolute Gasteiger partial charge is 0.303 e. The molecule has 0 radical (unpaired) electrons. The summed E-state index contributed by atoms with van der Waals surface area (Å²) in [6.07, 6.45) is 21.6. The molecular formula is C48H80O7. The maximum absolute atomic E-state index is 11.2. The van der Waals surface area contributed by atoms with Crippen molar-refractivity contribution in [3.63, 3.8) is 0 Å². The SMILES string of the molecule is C[C@H](CCC(=O)O)[C@H]1CC[C@H]2[C@@H]3CC[C@@H]4C[C@H](O)CC[C@]4(C)[C@H]3CC[C@]12C.C[C@H](CCC(=O)O)[C@H]1CC[C@H]2[C@@H]3[C@H](O)C[C@@H]4C[C@H](O)CC[C@]4(C)[C@H]3CC[C@]12C. The van der Waals surface area contributed by atoms with Crippen LogP contribution in [-0.2, 0) is 9.59 Å². The lowest BCUT2D eigenvalue weighted by Gasteiger charge is -2.62. The summed E-state index contributed by atoms with van der Waals surface area (Å²) in [4.78, 5) is 22.1. The minimum absolute atomic E-state index is 0.0561. The van der Waals surface area contributed by atoms with Gasteiger partial charge in [-0.25, -0.2) is 0 Å². The van der Waals surface area contributed by atoms with Crippen molar-refractivity contribution in [2.45, 2.75) is 195 Å². The fourth-order valence-electron chi connectivity index (χ4n) is 17.5. The number of hydrogen-bond acceptors (Lipinski definition) is 5. The Hall–Kier alpha value is -1.18. The summed E-state index contributed by atoms with van der Waals surface area (Å²) in [5, 5.41) is 49.8. The van der Waals surface area contributed by atoms with Gasteiger partial charge >= 0.3 is 11.9 Å². The van der Waals surface area contributed by atoms with Crippen LogP contribution in [0.3, 0.4) is 0 Å². The molecular weight excluding hydrogens is 689 g/mol. The van der Waals surface area contributed by atoms with E-state index in [9.17, 15) is 24.9 Å². The van der Waals surface area contributed by atoms with Gasteiger partial charge in [-0.1, -0.05) is 41.5 Å². The molecule has 0 aromatic rings. The third-order valence-corrected chi connectivity index (χ3v) is 20.4. The first-order valence-electron chi connectivity index (χ1n) is 23.4. The molecule has 8 saturated carbocycles. The molecule has 8 aliphatic carbocycles. The summed E-state index contributed by atoms with van der Waals surface area (Å²) in [5.74, 6) is 6.26. The lowest BCUT2D eigenvalue weighted by atomic mass is 9.43. The normalized spacial score (nSPS) is 51.0. The molecule has 314 valence electrons. The Morgan fingerprint density at radius 1 is 0.527 bits per heavy atom. The molecule has 0 unspecified atom stereocenters. The van der Waals surface area contributed by atoms with Crippen molar-refractivity contribution in [2.24, 2.45) is 92.7 Å². The van der Waals surface area contributed by atoms with E-state index in [2.05, 4.69) is 41.5 Å². The average Bonchev–Trinajstić information content (AvgIpc) is 3.67. The highest BCUT2D eigenvalue weighted by Crippen LogP contribution is 2.70. The van der Waals surface area contributed by atoms with Gasteiger partial charge in [0.05, 0.1) is 18.3 Å². The number of rotatable bonds is 8. The number of aliphatic hydroxyl groups is 3. The maximum atomic E-state index is 11.2. The van der Waals surface area contributed by atoms with E-state index in [4.69, 9.17) is 10.2 Å². The quantitative estimate of drug-likeness (QED) is 0.166. The summed E-state index contributed by atoms with van der Waals surface area (Å²) < 4.78 is 0. The van der Waals surface area contributed by atoms with Gasteiger partial charge in [0, 0.05) is 12.8 Å². The van der Waals surface area contributed by atoms with Crippen LogP contribution in [0.15, 0.2) is 0 Å². The van der Waals surface area contributed by atoms with Crippen molar-refractivity contribution in [1.82, 2.24) is 0 Å². The molecule has 8 aliphatic rings. The number of carboxylic acid groups (broad SMARTS) is 2. The van der Waals surface area contributed by atoms with Crippen LogP contribution in [0.5, 0.6) is 0 Å². The minimum Gasteiger partial charge on any atom is -0.481 e. The number of aliphatic hydroxyl groups excluding tert-OH is 3. The first-order valence-corrected chi connectivity index (χ1v) is 23.4. The minimum atomic E-state index is -0.684. The first-order chi connectivity index (χ1) is 25.9. The highest BCUT2D eigenvalue weighted by Gasteiger charge is 2.63. The van der Waals surface area contributed by atoms with Crippen molar-refractivity contribution in [2.75, 3.05) is 0 Å². The zero-order valence-electron chi connectivity index (χ0n) is 35.6. The van der Waals surface area contributed by atoms with Gasteiger partial charge in [-0.2, -0.15) is 0 Å². The fraction of sp³-hybridized carbons (Fsp3) is 0.958. The molecule has 0 heterocycles. The number of fused-ring (bicyclic) bond motifs is 10. The predicted molar refractivity (Wildman–Crippen MR) is 216 cm³/mol. The van der Waals surface area contributed by atoms with Gasteiger partial charge in [-0.05, 0) is 215 Å². The zero-order chi connectivity index (χ0) is 39.7. The van der Waals surface area contributed by atoms with Crippen LogP contribution in [0.4, 0.5) is 0 Å². The van der Waals surface area contributed by atoms with Gasteiger partial charge in [0.2, 0.25) is 0 Å². The largest absolute Gasteiger partial charge is 0.481 e. The molecule has 8 rings (SSSR count). The third kappa shape index (κ3) is 7.40.